The Kier molecular flexibility index (Phi) is 11.0. The van der Waals surface area contributed by atoms with Crippen molar-refractivity contribution in [1.29, 1.82) is 0 Å². The van der Waals surface area contributed by atoms with Crippen molar-refractivity contribution in [3.63, 3.8) is 0 Å². The van der Waals surface area contributed by atoms with Gasteiger partial charge in [-0.1, -0.05) is 6.58 Å². The van der Waals surface area contributed by atoms with Crippen molar-refractivity contribution in [2.75, 3.05) is 13.2 Å². The van der Waals surface area contributed by atoms with Crippen molar-refractivity contribution < 1.29 is 32.8 Å². The van der Waals surface area contributed by atoms with Crippen LogP contribution in [0.3, 0.4) is 0 Å². The molecule has 0 atom stereocenters. The average Bonchev–Trinajstić information content (AvgIpc) is 2.81. The highest BCUT2D eigenvalue weighted by atomic mass is 32.1. The molecule has 0 spiro atoms. The second kappa shape index (κ2) is 13.7. The largest absolute Gasteiger partial charge is 0.494 e. The molecule has 1 aliphatic rings. The van der Waals surface area contributed by atoms with Gasteiger partial charge in [0.1, 0.15) is 11.5 Å². The molecule has 0 unspecified atom stereocenters. The van der Waals surface area contributed by atoms with E-state index in [0.29, 0.717) is 50.4 Å². The molecule has 0 N–H and O–H groups in total. The Labute approximate surface area is 188 Å². The first kappa shape index (κ1) is 24.8. The van der Waals surface area contributed by atoms with E-state index in [2.05, 4.69) is 23.7 Å². The van der Waals surface area contributed by atoms with Crippen molar-refractivity contribution in [2.45, 2.75) is 51.4 Å². The van der Waals surface area contributed by atoms with E-state index in [0.717, 1.165) is 31.8 Å². The number of thiol groups is 1. The van der Waals surface area contributed by atoms with Crippen LogP contribution in [0.1, 0.15) is 51.4 Å². The number of hydrogen-bond acceptors (Lipinski definition) is 8. The third-order valence-corrected chi connectivity index (χ3v) is 5.42. The summed E-state index contributed by atoms with van der Waals surface area (Å²) in [5.74, 6) is -0.202. The summed E-state index contributed by atoms with van der Waals surface area (Å²) in [6.45, 7) is 4.35. The molecular formula is C23H30O7S. The quantitative estimate of drug-likeness (QED) is 0.126. The summed E-state index contributed by atoms with van der Waals surface area (Å²) in [5.41, 5.74) is 0. The smallest absolute Gasteiger partial charge is 0.330 e. The second-order valence-electron chi connectivity index (χ2n) is 7.49. The van der Waals surface area contributed by atoms with Crippen LogP contribution in [0.15, 0.2) is 36.9 Å². The fourth-order valence-corrected chi connectivity index (χ4v) is 3.57. The molecule has 1 aliphatic carbocycles. The lowest BCUT2D eigenvalue weighted by atomic mass is 9.82. The molecule has 1 saturated carbocycles. The van der Waals surface area contributed by atoms with Gasteiger partial charge in [0.2, 0.25) is 0 Å². The van der Waals surface area contributed by atoms with Gasteiger partial charge in [-0.2, -0.15) is 0 Å². The number of rotatable bonds is 12. The van der Waals surface area contributed by atoms with E-state index in [9.17, 15) is 14.4 Å². The Morgan fingerprint density at radius 2 is 1.42 bits per heavy atom. The Bertz CT molecular complexity index is 724. The molecule has 8 heteroatoms. The van der Waals surface area contributed by atoms with E-state index in [4.69, 9.17) is 14.2 Å². The van der Waals surface area contributed by atoms with E-state index in [-0.39, 0.29) is 29.7 Å². The fourth-order valence-electron chi connectivity index (χ4n) is 3.42. The molecule has 0 aromatic heterocycles. The Hall–Kier alpha value is -2.48. The van der Waals surface area contributed by atoms with E-state index in [1.165, 1.54) is 0 Å². The van der Waals surface area contributed by atoms with Crippen LogP contribution >= 0.6 is 12.9 Å². The SMILES string of the molecule is C=CC(=O)OCCCCCCOc1ccc(OC(=O)C2CCC(C(=O)OS)CC2)cc1. The summed E-state index contributed by atoms with van der Waals surface area (Å²) in [4.78, 5) is 34.8. The summed E-state index contributed by atoms with van der Waals surface area (Å²) in [6.07, 6.45) is 7.23. The maximum atomic E-state index is 12.4. The first-order valence-corrected chi connectivity index (χ1v) is 11.0. The van der Waals surface area contributed by atoms with Crippen LogP contribution in [0, 0.1) is 11.8 Å². The number of hydrogen-bond donors (Lipinski definition) is 1. The molecular weight excluding hydrogens is 420 g/mol. The van der Waals surface area contributed by atoms with Crippen LogP contribution in [0.25, 0.3) is 0 Å². The molecule has 0 heterocycles. The second-order valence-corrected chi connectivity index (χ2v) is 7.67. The van der Waals surface area contributed by atoms with Crippen LogP contribution in [-0.4, -0.2) is 31.1 Å². The van der Waals surface area contributed by atoms with Gasteiger partial charge >= 0.3 is 17.9 Å². The molecule has 2 rings (SSSR count). The van der Waals surface area contributed by atoms with Crippen LogP contribution in [0.5, 0.6) is 11.5 Å². The van der Waals surface area contributed by atoms with E-state index in [1.807, 2.05) is 0 Å². The number of esters is 2. The lowest BCUT2D eigenvalue weighted by molar-refractivity contribution is -0.144. The molecule has 0 saturated heterocycles. The zero-order valence-corrected chi connectivity index (χ0v) is 18.5. The van der Waals surface area contributed by atoms with Gasteiger partial charge < -0.3 is 18.4 Å². The lowest BCUT2D eigenvalue weighted by Crippen LogP contribution is -2.28. The number of carbonyl (C=O) groups excluding carboxylic acids is 3. The molecule has 7 nitrogen and oxygen atoms in total. The van der Waals surface area contributed by atoms with Gasteiger partial charge in [-0.15, -0.1) is 0 Å². The minimum atomic E-state index is -0.388. The fraction of sp³-hybridized carbons (Fsp3) is 0.522. The Morgan fingerprint density at radius 3 is 2.00 bits per heavy atom. The van der Waals surface area contributed by atoms with Crippen molar-refractivity contribution >= 4 is 30.8 Å². The third kappa shape index (κ3) is 9.04. The predicted molar refractivity (Wildman–Crippen MR) is 118 cm³/mol. The predicted octanol–water partition coefficient (Wildman–Crippen LogP) is 4.45. The molecule has 1 aromatic rings. The molecule has 31 heavy (non-hydrogen) atoms. The summed E-state index contributed by atoms with van der Waals surface area (Å²) in [7, 11) is 0. The Balaban J connectivity index is 1.60. The van der Waals surface area contributed by atoms with Gasteiger partial charge in [-0.05, 0) is 75.6 Å². The van der Waals surface area contributed by atoms with Gasteiger partial charge in [0, 0.05) is 19.0 Å². The summed E-state index contributed by atoms with van der Waals surface area (Å²) in [6, 6.07) is 6.98. The van der Waals surface area contributed by atoms with Gasteiger partial charge in [0.05, 0.1) is 25.0 Å². The average molecular weight is 451 g/mol. The maximum Gasteiger partial charge on any atom is 0.330 e. The van der Waals surface area contributed by atoms with Crippen molar-refractivity contribution in [3.05, 3.63) is 36.9 Å². The van der Waals surface area contributed by atoms with Crippen molar-refractivity contribution in [3.8, 4) is 11.5 Å². The molecule has 1 aromatic carbocycles. The van der Waals surface area contributed by atoms with E-state index < -0.39 is 0 Å². The topological polar surface area (TPSA) is 88.1 Å². The normalized spacial score (nSPS) is 18.0. The molecule has 170 valence electrons. The molecule has 0 radical (unpaired) electrons. The highest BCUT2D eigenvalue weighted by Crippen LogP contribution is 2.31. The van der Waals surface area contributed by atoms with Crippen LogP contribution in [-0.2, 0) is 23.3 Å². The molecule has 0 bridgehead atoms. The highest BCUT2D eigenvalue weighted by Gasteiger charge is 2.31. The summed E-state index contributed by atoms with van der Waals surface area (Å²) < 4.78 is 20.6. The van der Waals surface area contributed by atoms with Gasteiger partial charge in [-0.25, -0.2) is 4.79 Å². The van der Waals surface area contributed by atoms with Crippen LogP contribution in [0.2, 0.25) is 0 Å². The Morgan fingerprint density at radius 1 is 0.871 bits per heavy atom. The standard InChI is InChI=1S/C23H30O7S/c1-2-21(24)28-16-6-4-3-5-15-27-19-11-13-20(14-12-19)29-22(25)17-7-9-18(10-8-17)23(26)30-31/h2,11-14,17-18,31H,1,3-10,15-16H2. The van der Waals surface area contributed by atoms with Gasteiger partial charge in [0.15, 0.2) is 0 Å². The minimum Gasteiger partial charge on any atom is -0.494 e. The number of benzene rings is 1. The number of ether oxygens (including phenoxy) is 3. The number of carbonyl (C=O) groups is 3. The van der Waals surface area contributed by atoms with Crippen molar-refractivity contribution in [1.82, 2.24) is 0 Å². The zero-order valence-electron chi connectivity index (χ0n) is 17.6. The monoisotopic (exact) mass is 450 g/mol. The van der Waals surface area contributed by atoms with Gasteiger partial charge in [0.25, 0.3) is 0 Å². The lowest BCUT2D eigenvalue weighted by Gasteiger charge is -2.25. The van der Waals surface area contributed by atoms with Crippen molar-refractivity contribution in [2.24, 2.45) is 11.8 Å². The summed E-state index contributed by atoms with van der Waals surface area (Å²) >= 11 is 3.55. The molecule has 0 aliphatic heterocycles. The molecule has 0 amide bonds. The highest BCUT2D eigenvalue weighted by molar-refractivity contribution is 7.75. The summed E-state index contributed by atoms with van der Waals surface area (Å²) in [5, 5.41) is 0. The van der Waals surface area contributed by atoms with Gasteiger partial charge in [-0.3, -0.25) is 9.59 Å². The maximum absolute atomic E-state index is 12.4. The first-order valence-electron chi connectivity index (χ1n) is 10.6. The molecule has 1 fully saturated rings. The number of unbranched alkanes of at least 4 members (excludes halogenated alkanes) is 3. The third-order valence-electron chi connectivity index (χ3n) is 5.24. The zero-order chi connectivity index (χ0) is 22.5. The first-order chi connectivity index (χ1) is 15.0. The van der Waals surface area contributed by atoms with E-state index >= 15 is 0 Å². The van der Waals surface area contributed by atoms with E-state index in [1.54, 1.807) is 24.3 Å². The van der Waals surface area contributed by atoms with Crippen LogP contribution in [0.4, 0.5) is 0 Å². The minimum absolute atomic E-state index is 0.187. The van der Waals surface area contributed by atoms with Crippen LogP contribution < -0.4 is 9.47 Å².